The molecule has 1 heterocycles. The molecule has 4 heteroatoms. The molecule has 1 N–H and O–H groups in total. The maximum atomic E-state index is 6.35. The number of rotatable bonds is 6. The first-order valence-corrected chi connectivity index (χ1v) is 7.52. The van der Waals surface area contributed by atoms with Crippen molar-refractivity contribution in [2.24, 2.45) is 5.41 Å². The molecule has 114 valence electrons. The van der Waals surface area contributed by atoms with Crippen LogP contribution >= 0.6 is 11.6 Å². The Morgan fingerprint density at radius 2 is 2.00 bits per heavy atom. The fourth-order valence-corrected chi connectivity index (χ4v) is 2.91. The topological polar surface area (TPSA) is 34.1 Å². The van der Waals surface area contributed by atoms with Gasteiger partial charge in [-0.1, -0.05) is 20.8 Å². The van der Waals surface area contributed by atoms with E-state index in [1.807, 2.05) is 20.0 Å². The van der Waals surface area contributed by atoms with E-state index in [-0.39, 0.29) is 10.8 Å². The van der Waals surface area contributed by atoms with Crippen LogP contribution in [0.4, 0.5) is 0 Å². The second kappa shape index (κ2) is 7.28. The largest absolute Gasteiger partial charge is 0.496 e. The van der Waals surface area contributed by atoms with Crippen LogP contribution in [0.15, 0.2) is 6.20 Å². The third kappa shape index (κ3) is 5.29. The van der Waals surface area contributed by atoms with Gasteiger partial charge in [-0.3, -0.25) is 4.98 Å². The summed E-state index contributed by atoms with van der Waals surface area (Å²) in [7, 11) is 1.70. The molecular weight excluding hydrogens is 272 g/mol. The minimum atomic E-state index is 0.141. The Hall–Kier alpha value is -0.800. The van der Waals surface area contributed by atoms with Gasteiger partial charge in [0.15, 0.2) is 0 Å². The van der Waals surface area contributed by atoms with Gasteiger partial charge in [0.25, 0.3) is 0 Å². The maximum Gasteiger partial charge on any atom is 0.128 e. The summed E-state index contributed by atoms with van der Waals surface area (Å²) in [6.45, 7) is 12.2. The van der Waals surface area contributed by atoms with E-state index in [9.17, 15) is 0 Å². The molecule has 1 atom stereocenters. The molecule has 0 aliphatic rings. The van der Waals surface area contributed by atoms with Gasteiger partial charge in [0, 0.05) is 35.8 Å². The van der Waals surface area contributed by atoms with Gasteiger partial charge in [-0.15, -0.1) is 11.6 Å². The molecule has 0 bridgehead atoms. The van der Waals surface area contributed by atoms with E-state index in [1.54, 1.807) is 7.11 Å². The molecule has 1 unspecified atom stereocenters. The molecule has 0 fully saturated rings. The number of nitrogens with zero attached hydrogens (tertiary/aromatic N) is 1. The van der Waals surface area contributed by atoms with Gasteiger partial charge < -0.3 is 10.1 Å². The summed E-state index contributed by atoms with van der Waals surface area (Å²) in [6, 6.07) is 0. The molecule has 0 spiro atoms. The molecule has 0 saturated carbocycles. The fourth-order valence-electron chi connectivity index (χ4n) is 2.33. The monoisotopic (exact) mass is 298 g/mol. The highest BCUT2D eigenvalue weighted by Crippen LogP contribution is 2.25. The number of nitrogens with one attached hydrogen (secondary N) is 1. The number of hydrogen-bond donors (Lipinski definition) is 1. The highest BCUT2D eigenvalue weighted by atomic mass is 35.5. The van der Waals surface area contributed by atoms with Crippen molar-refractivity contribution in [1.82, 2.24) is 10.3 Å². The van der Waals surface area contributed by atoms with Gasteiger partial charge in [-0.25, -0.2) is 0 Å². The summed E-state index contributed by atoms with van der Waals surface area (Å²) < 4.78 is 5.42. The smallest absolute Gasteiger partial charge is 0.128 e. The van der Waals surface area contributed by atoms with Crippen LogP contribution in [0.3, 0.4) is 0 Å². The lowest BCUT2D eigenvalue weighted by Crippen LogP contribution is -2.27. The van der Waals surface area contributed by atoms with Crippen LogP contribution in [0, 0.1) is 19.3 Å². The zero-order valence-corrected chi connectivity index (χ0v) is 14.3. The van der Waals surface area contributed by atoms with E-state index in [0.717, 1.165) is 42.1 Å². The summed E-state index contributed by atoms with van der Waals surface area (Å²) in [5.41, 5.74) is 3.45. The highest BCUT2D eigenvalue weighted by Gasteiger charge is 2.16. The van der Waals surface area contributed by atoms with Crippen molar-refractivity contribution in [2.75, 3.05) is 13.7 Å². The van der Waals surface area contributed by atoms with Gasteiger partial charge in [-0.2, -0.15) is 0 Å². The molecule has 1 rings (SSSR count). The molecule has 1 aromatic rings. The third-order valence-corrected chi connectivity index (χ3v) is 3.55. The molecule has 0 saturated heterocycles. The third-order valence-electron chi connectivity index (χ3n) is 3.24. The van der Waals surface area contributed by atoms with Gasteiger partial charge in [-0.05, 0) is 25.7 Å². The average Bonchev–Trinajstić information content (AvgIpc) is 2.30. The normalized spacial score (nSPS) is 13.3. The minimum absolute atomic E-state index is 0.141. The Labute approximate surface area is 128 Å². The highest BCUT2D eigenvalue weighted by molar-refractivity contribution is 6.20. The zero-order valence-electron chi connectivity index (χ0n) is 13.5. The van der Waals surface area contributed by atoms with Gasteiger partial charge >= 0.3 is 0 Å². The molecule has 0 aliphatic heterocycles. The van der Waals surface area contributed by atoms with Crippen molar-refractivity contribution >= 4 is 11.6 Å². The molecule has 3 nitrogen and oxygen atoms in total. The van der Waals surface area contributed by atoms with Crippen molar-refractivity contribution in [2.45, 2.75) is 53.0 Å². The summed E-state index contributed by atoms with van der Waals surface area (Å²) >= 11 is 6.35. The van der Waals surface area contributed by atoms with Crippen molar-refractivity contribution in [3.8, 4) is 5.75 Å². The van der Waals surface area contributed by atoms with Crippen LogP contribution in [0.1, 0.15) is 44.0 Å². The Kier molecular flexibility index (Phi) is 6.28. The van der Waals surface area contributed by atoms with Crippen molar-refractivity contribution in [1.29, 1.82) is 0 Å². The average molecular weight is 299 g/mol. The van der Waals surface area contributed by atoms with Crippen molar-refractivity contribution in [3.05, 3.63) is 23.0 Å². The molecule has 0 amide bonds. The second-order valence-corrected chi connectivity index (χ2v) is 7.16. The maximum absolute atomic E-state index is 6.35. The van der Waals surface area contributed by atoms with E-state index >= 15 is 0 Å². The predicted octanol–water partition coefficient (Wildman–Crippen LogP) is 3.84. The SMILES string of the molecule is COc1c(C)cnc(CNCC(Cl)CC(C)(C)C)c1C. The van der Waals surface area contributed by atoms with Gasteiger partial charge in [0.1, 0.15) is 5.75 Å². The number of aryl methyl sites for hydroxylation is 1. The summed E-state index contributed by atoms with van der Waals surface area (Å²) in [4.78, 5) is 4.47. The van der Waals surface area contributed by atoms with Gasteiger partial charge in [0.2, 0.25) is 0 Å². The lowest BCUT2D eigenvalue weighted by atomic mass is 9.90. The van der Waals surface area contributed by atoms with E-state index < -0.39 is 0 Å². The van der Waals surface area contributed by atoms with E-state index in [0.29, 0.717) is 0 Å². The van der Waals surface area contributed by atoms with Crippen LogP contribution in [0.2, 0.25) is 0 Å². The van der Waals surface area contributed by atoms with Crippen LogP contribution in [0.5, 0.6) is 5.75 Å². The summed E-state index contributed by atoms with van der Waals surface area (Å²) in [6.07, 6.45) is 2.85. The molecule has 0 radical (unpaired) electrons. The Morgan fingerprint density at radius 1 is 1.35 bits per heavy atom. The first-order valence-electron chi connectivity index (χ1n) is 7.08. The van der Waals surface area contributed by atoms with Crippen LogP contribution in [-0.4, -0.2) is 24.0 Å². The predicted molar refractivity (Wildman–Crippen MR) is 85.7 cm³/mol. The minimum Gasteiger partial charge on any atom is -0.496 e. The number of pyridine rings is 1. The zero-order chi connectivity index (χ0) is 15.3. The van der Waals surface area contributed by atoms with Crippen LogP contribution < -0.4 is 10.1 Å². The standard InChI is InChI=1S/C16H27ClN2O/c1-11-8-19-14(12(2)15(11)20-6)10-18-9-13(17)7-16(3,4)5/h8,13,18H,7,9-10H2,1-6H3. The number of ether oxygens (including phenoxy) is 1. The number of alkyl halides is 1. The summed E-state index contributed by atoms with van der Waals surface area (Å²) in [5.74, 6) is 0.925. The lowest BCUT2D eigenvalue weighted by molar-refractivity contribution is 0.364. The Bertz CT molecular complexity index is 441. The Morgan fingerprint density at radius 3 is 2.55 bits per heavy atom. The quantitative estimate of drug-likeness (QED) is 0.810. The number of aromatic nitrogens is 1. The number of methoxy groups -OCH3 is 1. The fraction of sp³-hybridized carbons (Fsp3) is 0.688. The van der Waals surface area contributed by atoms with E-state index in [1.165, 1.54) is 0 Å². The molecular formula is C16H27ClN2O. The van der Waals surface area contributed by atoms with Crippen LogP contribution in [0.25, 0.3) is 0 Å². The number of hydrogen-bond acceptors (Lipinski definition) is 3. The van der Waals surface area contributed by atoms with Crippen LogP contribution in [-0.2, 0) is 6.54 Å². The van der Waals surface area contributed by atoms with Crippen molar-refractivity contribution < 1.29 is 4.74 Å². The molecule has 0 aliphatic carbocycles. The molecule has 20 heavy (non-hydrogen) atoms. The van der Waals surface area contributed by atoms with Crippen molar-refractivity contribution in [3.63, 3.8) is 0 Å². The van der Waals surface area contributed by atoms with E-state index in [2.05, 4.69) is 31.1 Å². The first kappa shape index (κ1) is 17.3. The molecule has 0 aromatic carbocycles. The first-order chi connectivity index (χ1) is 9.24. The van der Waals surface area contributed by atoms with E-state index in [4.69, 9.17) is 16.3 Å². The lowest BCUT2D eigenvalue weighted by Gasteiger charge is -2.22. The summed E-state index contributed by atoms with van der Waals surface area (Å²) in [5, 5.41) is 3.53. The second-order valence-electron chi connectivity index (χ2n) is 6.54. The van der Waals surface area contributed by atoms with Gasteiger partial charge in [0.05, 0.1) is 12.8 Å². The molecule has 1 aromatic heterocycles. The number of halogens is 1. The Balaban J connectivity index is 2.55.